The third-order valence-electron chi connectivity index (χ3n) is 3.83. The molecule has 0 saturated heterocycles. The van der Waals surface area contributed by atoms with Crippen LogP contribution in [0.1, 0.15) is 5.56 Å². The number of rotatable bonds is 3. The molecule has 0 bridgehead atoms. The first-order valence-corrected chi connectivity index (χ1v) is 6.96. The number of nitrogens with one attached hydrogen (secondary N) is 1. The zero-order valence-corrected chi connectivity index (χ0v) is 12.0. The van der Waals surface area contributed by atoms with E-state index in [0.29, 0.717) is 0 Å². The van der Waals surface area contributed by atoms with Crippen molar-refractivity contribution in [3.05, 3.63) is 48.2 Å². The van der Waals surface area contributed by atoms with Crippen LogP contribution in [0, 0.1) is 0 Å². The van der Waals surface area contributed by atoms with Gasteiger partial charge in [0.2, 0.25) is 0 Å². The van der Waals surface area contributed by atoms with E-state index in [0.717, 1.165) is 25.5 Å². The Labute approximate surface area is 120 Å². The summed E-state index contributed by atoms with van der Waals surface area (Å²) in [5.74, 6) is 0.962. The molecule has 1 aromatic heterocycles. The number of para-hydroxylation sites is 2. The molecule has 0 amide bonds. The molecule has 2 heterocycles. The molecule has 4 nitrogen and oxygen atoms in total. The first kappa shape index (κ1) is 12.8. The van der Waals surface area contributed by atoms with Crippen LogP contribution in [0.15, 0.2) is 42.6 Å². The third-order valence-corrected chi connectivity index (χ3v) is 3.83. The average molecular weight is 268 g/mol. The summed E-state index contributed by atoms with van der Waals surface area (Å²) in [6.07, 6.45) is 1.83. The zero-order chi connectivity index (χ0) is 13.9. The minimum atomic E-state index is 0.884. The van der Waals surface area contributed by atoms with Crippen LogP contribution in [0.4, 0.5) is 17.2 Å². The lowest BCUT2D eigenvalue weighted by atomic mass is 10.1. The highest BCUT2D eigenvalue weighted by Gasteiger charge is 2.20. The molecule has 0 fully saturated rings. The molecule has 2 aromatic rings. The van der Waals surface area contributed by atoms with Gasteiger partial charge in [-0.15, -0.1) is 0 Å². The molecule has 3 rings (SSSR count). The lowest BCUT2D eigenvalue weighted by Gasteiger charge is -2.37. The van der Waals surface area contributed by atoms with E-state index in [9.17, 15) is 0 Å². The molecule has 1 aromatic carbocycles. The number of pyridine rings is 1. The van der Waals surface area contributed by atoms with E-state index in [1.54, 1.807) is 0 Å². The van der Waals surface area contributed by atoms with E-state index < -0.39 is 0 Å². The Kier molecular flexibility index (Phi) is 3.46. The van der Waals surface area contributed by atoms with Gasteiger partial charge < -0.3 is 15.1 Å². The van der Waals surface area contributed by atoms with Crippen molar-refractivity contribution in [1.29, 1.82) is 0 Å². The van der Waals surface area contributed by atoms with Crippen LogP contribution < -0.4 is 15.1 Å². The van der Waals surface area contributed by atoms with E-state index in [2.05, 4.69) is 57.5 Å². The molecule has 1 aliphatic rings. The van der Waals surface area contributed by atoms with Gasteiger partial charge in [-0.1, -0.05) is 18.2 Å². The number of benzene rings is 1. The van der Waals surface area contributed by atoms with Crippen molar-refractivity contribution >= 4 is 17.2 Å². The van der Waals surface area contributed by atoms with Gasteiger partial charge in [0.05, 0.1) is 11.4 Å². The summed E-state index contributed by atoms with van der Waals surface area (Å²) in [5, 5.41) is 3.17. The lowest BCUT2D eigenvalue weighted by Crippen LogP contribution is -2.38. The van der Waals surface area contributed by atoms with Crippen LogP contribution >= 0.6 is 0 Å². The van der Waals surface area contributed by atoms with E-state index in [1.165, 1.54) is 16.9 Å². The first-order chi connectivity index (χ1) is 9.79. The Bertz CT molecular complexity index is 597. The summed E-state index contributed by atoms with van der Waals surface area (Å²) in [4.78, 5) is 9.12. The molecule has 0 radical (unpaired) electrons. The normalized spacial score (nSPS) is 14.1. The van der Waals surface area contributed by atoms with Crippen molar-refractivity contribution in [3.8, 4) is 0 Å². The summed E-state index contributed by atoms with van der Waals surface area (Å²) in [7, 11) is 4.07. The number of aromatic nitrogens is 1. The van der Waals surface area contributed by atoms with Gasteiger partial charge >= 0.3 is 0 Å². The van der Waals surface area contributed by atoms with Crippen LogP contribution in [0.3, 0.4) is 0 Å². The SMILES string of the molecule is CNc1ncccc1CN1CCN(C)c2ccccc21. The Morgan fingerprint density at radius 1 is 1.10 bits per heavy atom. The summed E-state index contributed by atoms with van der Waals surface area (Å²) in [5.41, 5.74) is 3.83. The van der Waals surface area contributed by atoms with E-state index in [4.69, 9.17) is 0 Å². The number of likely N-dealkylation sites (N-methyl/N-ethyl adjacent to an activating group) is 1. The molecular weight excluding hydrogens is 248 g/mol. The Morgan fingerprint density at radius 3 is 2.70 bits per heavy atom. The Hall–Kier alpha value is -2.23. The fourth-order valence-corrected chi connectivity index (χ4v) is 2.73. The number of hydrogen-bond donors (Lipinski definition) is 1. The summed E-state index contributed by atoms with van der Waals surface area (Å²) < 4.78 is 0. The summed E-state index contributed by atoms with van der Waals surface area (Å²) in [6.45, 7) is 2.96. The van der Waals surface area contributed by atoms with Crippen molar-refractivity contribution in [2.75, 3.05) is 42.3 Å². The quantitative estimate of drug-likeness (QED) is 0.927. The fourth-order valence-electron chi connectivity index (χ4n) is 2.73. The highest BCUT2D eigenvalue weighted by atomic mass is 15.2. The maximum atomic E-state index is 4.39. The standard InChI is InChI=1S/C16H20N4/c1-17-16-13(6-5-9-18-16)12-20-11-10-19(2)14-7-3-4-8-15(14)20/h3-9H,10-12H2,1-2H3,(H,17,18). The second kappa shape index (κ2) is 5.41. The maximum Gasteiger partial charge on any atom is 0.130 e. The van der Waals surface area contributed by atoms with E-state index in [1.807, 2.05) is 19.3 Å². The van der Waals surface area contributed by atoms with Gasteiger partial charge in [-0.25, -0.2) is 4.98 Å². The van der Waals surface area contributed by atoms with Crippen molar-refractivity contribution in [3.63, 3.8) is 0 Å². The highest BCUT2D eigenvalue weighted by molar-refractivity contribution is 5.73. The summed E-state index contributed by atoms with van der Waals surface area (Å²) >= 11 is 0. The van der Waals surface area contributed by atoms with Crippen LogP contribution in [0.2, 0.25) is 0 Å². The van der Waals surface area contributed by atoms with Crippen LogP contribution in [-0.2, 0) is 6.54 Å². The minimum absolute atomic E-state index is 0.884. The van der Waals surface area contributed by atoms with Gasteiger partial charge in [0.25, 0.3) is 0 Å². The topological polar surface area (TPSA) is 31.4 Å². The van der Waals surface area contributed by atoms with Gasteiger partial charge in [0.15, 0.2) is 0 Å². The lowest BCUT2D eigenvalue weighted by molar-refractivity contribution is 0.734. The first-order valence-electron chi connectivity index (χ1n) is 6.96. The second-order valence-electron chi connectivity index (χ2n) is 5.09. The number of hydrogen-bond acceptors (Lipinski definition) is 4. The molecule has 20 heavy (non-hydrogen) atoms. The van der Waals surface area contributed by atoms with Crippen molar-refractivity contribution in [2.45, 2.75) is 6.54 Å². The number of nitrogens with zero attached hydrogens (tertiary/aromatic N) is 3. The third kappa shape index (κ3) is 2.29. The minimum Gasteiger partial charge on any atom is -0.373 e. The molecule has 0 unspecified atom stereocenters. The van der Waals surface area contributed by atoms with Crippen molar-refractivity contribution in [2.24, 2.45) is 0 Å². The smallest absolute Gasteiger partial charge is 0.130 e. The molecule has 0 atom stereocenters. The van der Waals surface area contributed by atoms with Crippen LogP contribution in [0.5, 0.6) is 0 Å². The predicted molar refractivity (Wildman–Crippen MR) is 84.5 cm³/mol. The molecular formula is C16H20N4. The van der Waals surface area contributed by atoms with E-state index >= 15 is 0 Å². The van der Waals surface area contributed by atoms with Gasteiger partial charge in [-0.3, -0.25) is 0 Å². The van der Waals surface area contributed by atoms with Gasteiger partial charge in [0.1, 0.15) is 5.82 Å². The largest absolute Gasteiger partial charge is 0.373 e. The molecule has 1 aliphatic heterocycles. The van der Waals surface area contributed by atoms with Gasteiger partial charge in [0, 0.05) is 45.5 Å². The van der Waals surface area contributed by atoms with Crippen molar-refractivity contribution in [1.82, 2.24) is 4.98 Å². The van der Waals surface area contributed by atoms with Gasteiger partial charge in [-0.2, -0.15) is 0 Å². The molecule has 0 aliphatic carbocycles. The highest BCUT2D eigenvalue weighted by Crippen LogP contribution is 2.33. The molecule has 1 N–H and O–H groups in total. The van der Waals surface area contributed by atoms with Crippen molar-refractivity contribution < 1.29 is 0 Å². The second-order valence-corrected chi connectivity index (χ2v) is 5.09. The molecule has 0 spiro atoms. The number of anilines is 3. The average Bonchev–Trinajstić information content (AvgIpc) is 2.51. The monoisotopic (exact) mass is 268 g/mol. The fraction of sp³-hybridized carbons (Fsp3) is 0.312. The molecule has 4 heteroatoms. The Morgan fingerprint density at radius 2 is 1.90 bits per heavy atom. The molecule has 0 saturated carbocycles. The summed E-state index contributed by atoms with van der Waals surface area (Å²) in [6, 6.07) is 12.7. The van der Waals surface area contributed by atoms with Crippen LogP contribution in [0.25, 0.3) is 0 Å². The van der Waals surface area contributed by atoms with Crippen LogP contribution in [-0.4, -0.2) is 32.2 Å². The predicted octanol–water partition coefficient (Wildman–Crippen LogP) is 2.58. The van der Waals surface area contributed by atoms with E-state index in [-0.39, 0.29) is 0 Å². The maximum absolute atomic E-state index is 4.39. The zero-order valence-electron chi connectivity index (χ0n) is 12.0. The number of fused-ring (bicyclic) bond motifs is 1. The molecule has 104 valence electrons. The Balaban J connectivity index is 1.91. The van der Waals surface area contributed by atoms with Gasteiger partial charge in [-0.05, 0) is 18.2 Å².